The summed E-state index contributed by atoms with van der Waals surface area (Å²) in [7, 11) is 0. The number of nitrogens with one attached hydrogen (secondary N) is 2. The molecule has 3 aromatic rings. The summed E-state index contributed by atoms with van der Waals surface area (Å²) in [6, 6.07) is 8.07. The van der Waals surface area contributed by atoms with Crippen LogP contribution in [0, 0.1) is 5.92 Å². The Balaban J connectivity index is 1.59. The molecule has 25 heavy (non-hydrogen) atoms. The van der Waals surface area contributed by atoms with Crippen molar-refractivity contribution in [1.29, 1.82) is 0 Å². The Hall–Kier alpha value is -2.08. The Morgan fingerprint density at radius 2 is 2.24 bits per heavy atom. The molecule has 1 aliphatic heterocycles. The second kappa shape index (κ2) is 6.33. The Kier molecular flexibility index (Phi) is 4.15. The number of aromatic amines is 2. The number of aromatic nitrogens is 3. The molecule has 0 saturated carbocycles. The van der Waals surface area contributed by atoms with Crippen LogP contribution in [0.15, 0.2) is 28.7 Å². The van der Waals surface area contributed by atoms with Crippen LogP contribution in [-0.4, -0.2) is 32.5 Å². The summed E-state index contributed by atoms with van der Waals surface area (Å²) in [5.74, 6) is 0.534. The van der Waals surface area contributed by atoms with Gasteiger partial charge in [-0.15, -0.1) is 0 Å². The van der Waals surface area contributed by atoms with Crippen LogP contribution in [0.4, 0.5) is 0 Å². The molecule has 130 valence electrons. The first-order chi connectivity index (χ1) is 12.0. The highest BCUT2D eigenvalue weighted by molar-refractivity contribution is 9.10. The summed E-state index contributed by atoms with van der Waals surface area (Å²) in [4.78, 5) is 18.3. The lowest BCUT2D eigenvalue weighted by Crippen LogP contribution is -2.36. The van der Waals surface area contributed by atoms with Crippen molar-refractivity contribution in [2.75, 3.05) is 6.54 Å². The van der Waals surface area contributed by atoms with Gasteiger partial charge in [0.25, 0.3) is 5.91 Å². The normalized spacial score (nSPS) is 14.3. The molecule has 3 heterocycles. The molecule has 0 saturated heterocycles. The SMILES string of the molecule is CC(C)Cc1cc(C(=O)N2CCc3[nH]c4c(Br)cccc4c3C2)n[nH]1. The molecule has 6 heteroatoms. The van der Waals surface area contributed by atoms with Crippen molar-refractivity contribution in [2.24, 2.45) is 5.92 Å². The van der Waals surface area contributed by atoms with Crippen molar-refractivity contribution in [3.63, 3.8) is 0 Å². The van der Waals surface area contributed by atoms with Crippen molar-refractivity contribution in [3.05, 3.63) is 51.4 Å². The minimum atomic E-state index is 0.00116. The maximum atomic E-state index is 12.9. The average molecular weight is 401 g/mol. The zero-order valence-corrected chi connectivity index (χ0v) is 16.0. The van der Waals surface area contributed by atoms with Gasteiger partial charge >= 0.3 is 0 Å². The molecule has 0 bridgehead atoms. The molecule has 2 N–H and O–H groups in total. The van der Waals surface area contributed by atoms with Gasteiger partial charge in [0.05, 0.1) is 5.52 Å². The molecule has 1 aliphatic rings. The molecule has 0 unspecified atom stereocenters. The number of amides is 1. The first kappa shape index (κ1) is 16.4. The summed E-state index contributed by atoms with van der Waals surface area (Å²) in [5.41, 5.74) is 5.09. The van der Waals surface area contributed by atoms with Crippen LogP contribution in [0.1, 0.15) is 41.3 Å². The Morgan fingerprint density at radius 3 is 3.04 bits per heavy atom. The van der Waals surface area contributed by atoms with Gasteiger partial charge in [-0.1, -0.05) is 26.0 Å². The fourth-order valence-electron chi connectivity index (χ4n) is 3.55. The van der Waals surface area contributed by atoms with E-state index in [9.17, 15) is 4.79 Å². The molecular formula is C19H21BrN4O. The highest BCUT2D eigenvalue weighted by Crippen LogP contribution is 2.32. The van der Waals surface area contributed by atoms with E-state index in [-0.39, 0.29) is 5.91 Å². The zero-order chi connectivity index (χ0) is 17.6. The molecule has 0 radical (unpaired) electrons. The summed E-state index contributed by atoms with van der Waals surface area (Å²) >= 11 is 3.60. The Labute approximate surface area is 154 Å². The molecule has 5 nitrogen and oxygen atoms in total. The summed E-state index contributed by atoms with van der Waals surface area (Å²) in [6.45, 7) is 5.65. The van der Waals surface area contributed by atoms with Crippen LogP contribution in [0.3, 0.4) is 0 Å². The van der Waals surface area contributed by atoms with E-state index in [0.29, 0.717) is 24.7 Å². The summed E-state index contributed by atoms with van der Waals surface area (Å²) < 4.78 is 1.06. The third-order valence-corrected chi connectivity index (χ3v) is 5.39. The molecule has 2 aromatic heterocycles. The topological polar surface area (TPSA) is 64.8 Å². The number of hydrogen-bond acceptors (Lipinski definition) is 2. The third kappa shape index (κ3) is 2.99. The molecule has 0 atom stereocenters. The zero-order valence-electron chi connectivity index (χ0n) is 14.4. The average Bonchev–Trinajstić information content (AvgIpc) is 3.18. The minimum Gasteiger partial charge on any atom is -0.357 e. The Bertz CT molecular complexity index is 940. The fourth-order valence-corrected chi connectivity index (χ4v) is 4.02. The van der Waals surface area contributed by atoms with Crippen molar-refractivity contribution >= 4 is 32.7 Å². The van der Waals surface area contributed by atoms with Crippen LogP contribution in [0.2, 0.25) is 0 Å². The van der Waals surface area contributed by atoms with Gasteiger partial charge < -0.3 is 9.88 Å². The van der Waals surface area contributed by atoms with Gasteiger partial charge in [-0.2, -0.15) is 5.10 Å². The third-order valence-electron chi connectivity index (χ3n) is 4.72. The molecule has 1 aromatic carbocycles. The number of H-pyrrole nitrogens is 2. The van der Waals surface area contributed by atoms with E-state index in [1.54, 1.807) is 0 Å². The monoisotopic (exact) mass is 400 g/mol. The van der Waals surface area contributed by atoms with E-state index < -0.39 is 0 Å². The van der Waals surface area contributed by atoms with Crippen LogP contribution < -0.4 is 0 Å². The van der Waals surface area contributed by atoms with E-state index >= 15 is 0 Å². The lowest BCUT2D eigenvalue weighted by Gasteiger charge is -2.26. The van der Waals surface area contributed by atoms with Gasteiger partial charge in [0.1, 0.15) is 5.69 Å². The molecule has 0 aliphatic carbocycles. The molecule has 4 rings (SSSR count). The number of hydrogen-bond donors (Lipinski definition) is 2. The molecule has 1 amide bonds. The maximum Gasteiger partial charge on any atom is 0.274 e. The first-order valence-electron chi connectivity index (χ1n) is 8.64. The van der Waals surface area contributed by atoms with Gasteiger partial charge in [-0.25, -0.2) is 0 Å². The first-order valence-corrected chi connectivity index (χ1v) is 9.43. The van der Waals surface area contributed by atoms with E-state index in [0.717, 1.165) is 28.5 Å². The molecular weight excluding hydrogens is 380 g/mol. The van der Waals surface area contributed by atoms with Gasteiger partial charge in [-0.05, 0) is 40.4 Å². The van der Waals surface area contributed by atoms with Crippen molar-refractivity contribution in [1.82, 2.24) is 20.1 Å². The van der Waals surface area contributed by atoms with Crippen LogP contribution in [-0.2, 0) is 19.4 Å². The van der Waals surface area contributed by atoms with E-state index in [1.807, 2.05) is 23.1 Å². The number of benzene rings is 1. The maximum absolute atomic E-state index is 12.9. The quantitative estimate of drug-likeness (QED) is 0.696. The van der Waals surface area contributed by atoms with Crippen molar-refractivity contribution in [2.45, 2.75) is 33.2 Å². The van der Waals surface area contributed by atoms with Gasteiger partial charge in [-0.3, -0.25) is 9.89 Å². The fraction of sp³-hybridized carbons (Fsp3) is 0.368. The lowest BCUT2D eigenvalue weighted by molar-refractivity contribution is 0.0729. The minimum absolute atomic E-state index is 0.00116. The van der Waals surface area contributed by atoms with Crippen LogP contribution >= 0.6 is 15.9 Å². The number of halogens is 1. The predicted octanol–water partition coefficient (Wildman–Crippen LogP) is 4.05. The van der Waals surface area contributed by atoms with Gasteiger partial charge in [0.15, 0.2) is 0 Å². The number of carbonyl (C=O) groups is 1. The number of para-hydroxylation sites is 1. The lowest BCUT2D eigenvalue weighted by atomic mass is 10.0. The predicted molar refractivity (Wildman–Crippen MR) is 102 cm³/mol. The van der Waals surface area contributed by atoms with E-state index in [1.165, 1.54) is 16.6 Å². The van der Waals surface area contributed by atoms with E-state index in [2.05, 4.69) is 51.0 Å². The van der Waals surface area contributed by atoms with Gasteiger partial charge in [0, 0.05) is 46.3 Å². The largest absolute Gasteiger partial charge is 0.357 e. The smallest absolute Gasteiger partial charge is 0.274 e. The summed E-state index contributed by atoms with van der Waals surface area (Å²) in [6.07, 6.45) is 1.74. The van der Waals surface area contributed by atoms with E-state index in [4.69, 9.17) is 0 Å². The van der Waals surface area contributed by atoms with Crippen molar-refractivity contribution < 1.29 is 4.79 Å². The van der Waals surface area contributed by atoms with Crippen LogP contribution in [0.5, 0.6) is 0 Å². The highest BCUT2D eigenvalue weighted by Gasteiger charge is 2.26. The Morgan fingerprint density at radius 1 is 1.40 bits per heavy atom. The molecule has 0 fully saturated rings. The summed E-state index contributed by atoms with van der Waals surface area (Å²) in [5, 5.41) is 8.42. The van der Waals surface area contributed by atoms with Crippen LogP contribution in [0.25, 0.3) is 10.9 Å². The second-order valence-electron chi connectivity index (χ2n) is 7.10. The highest BCUT2D eigenvalue weighted by atomic mass is 79.9. The molecule has 0 spiro atoms. The number of rotatable bonds is 3. The standard InChI is InChI=1S/C19H21BrN4O/c1-11(2)8-12-9-17(23-22-12)19(25)24-7-6-16-14(10-24)13-4-3-5-15(20)18(13)21-16/h3-5,9,11,21H,6-8,10H2,1-2H3,(H,22,23). The number of fused-ring (bicyclic) bond motifs is 3. The number of carbonyl (C=O) groups excluding carboxylic acids is 1. The second-order valence-corrected chi connectivity index (χ2v) is 7.95. The number of nitrogens with zero attached hydrogens (tertiary/aromatic N) is 2. The van der Waals surface area contributed by atoms with Crippen molar-refractivity contribution in [3.8, 4) is 0 Å². The van der Waals surface area contributed by atoms with Gasteiger partial charge in [0.2, 0.25) is 0 Å².